The Labute approximate surface area is 228 Å². The monoisotopic (exact) mass is 531 g/mol. The molecule has 0 aliphatic carbocycles. The Morgan fingerprint density at radius 2 is 1.87 bits per heavy atom. The zero-order chi connectivity index (χ0) is 26.8. The summed E-state index contributed by atoms with van der Waals surface area (Å²) in [6.07, 6.45) is 4.44. The maximum absolute atomic E-state index is 12.3. The lowest BCUT2D eigenvalue weighted by atomic mass is 10.1. The number of anilines is 2. The summed E-state index contributed by atoms with van der Waals surface area (Å²) >= 11 is 6.53. The fourth-order valence-corrected chi connectivity index (χ4v) is 5.11. The first-order valence-electron chi connectivity index (χ1n) is 13.1. The predicted octanol–water partition coefficient (Wildman–Crippen LogP) is 5.81. The Balaban J connectivity index is 1.36. The predicted molar refractivity (Wildman–Crippen MR) is 153 cm³/mol. The number of halogens is 1. The molecular formula is C29H34ClN7O. The molecular weight excluding hydrogens is 498 g/mol. The van der Waals surface area contributed by atoms with Gasteiger partial charge in [-0.3, -0.25) is 9.69 Å². The van der Waals surface area contributed by atoms with E-state index in [2.05, 4.69) is 56.6 Å². The van der Waals surface area contributed by atoms with E-state index in [9.17, 15) is 4.79 Å². The molecule has 0 radical (unpaired) electrons. The lowest BCUT2D eigenvalue weighted by molar-refractivity contribution is 0.100. The van der Waals surface area contributed by atoms with Crippen LogP contribution in [0.3, 0.4) is 0 Å². The van der Waals surface area contributed by atoms with Gasteiger partial charge in [0.2, 0.25) is 5.95 Å². The van der Waals surface area contributed by atoms with E-state index < -0.39 is 0 Å². The van der Waals surface area contributed by atoms with E-state index in [1.807, 2.05) is 36.5 Å². The van der Waals surface area contributed by atoms with Crippen molar-refractivity contribution in [3.63, 3.8) is 0 Å². The summed E-state index contributed by atoms with van der Waals surface area (Å²) in [6.45, 7) is 11.1. The molecule has 0 amide bonds. The first-order chi connectivity index (χ1) is 18.3. The van der Waals surface area contributed by atoms with Gasteiger partial charge < -0.3 is 14.8 Å². The first-order valence-corrected chi connectivity index (χ1v) is 13.5. The third kappa shape index (κ3) is 5.57. The number of rotatable bonds is 8. The molecule has 0 bridgehead atoms. The number of nitrogens with zero attached hydrogens (tertiary/aromatic N) is 6. The van der Waals surface area contributed by atoms with Gasteiger partial charge in [-0.05, 0) is 50.2 Å². The molecule has 1 atom stereocenters. The summed E-state index contributed by atoms with van der Waals surface area (Å²) < 4.78 is 2.12. The van der Waals surface area contributed by atoms with Crippen LogP contribution < -0.4 is 5.32 Å². The van der Waals surface area contributed by atoms with Crippen molar-refractivity contribution >= 4 is 40.1 Å². The zero-order valence-electron chi connectivity index (χ0n) is 22.4. The Bertz CT molecular complexity index is 1440. The second-order valence-electron chi connectivity index (χ2n) is 10.1. The highest BCUT2D eigenvalue weighted by atomic mass is 35.5. The van der Waals surface area contributed by atoms with Gasteiger partial charge in [0, 0.05) is 68.4 Å². The van der Waals surface area contributed by atoms with Gasteiger partial charge in [0.25, 0.3) is 0 Å². The average molecular weight is 532 g/mol. The number of fused-ring (bicyclic) bond motifs is 1. The van der Waals surface area contributed by atoms with Gasteiger partial charge in [0.05, 0.1) is 22.6 Å². The van der Waals surface area contributed by atoms with Crippen LogP contribution in [0.5, 0.6) is 0 Å². The Kier molecular flexibility index (Phi) is 7.74. The van der Waals surface area contributed by atoms with Crippen LogP contribution in [0.25, 0.3) is 22.2 Å². The standard InChI is InChI=1S/C29H34ClN7O/c1-5-19(2)37-25-8-7-22(14-23(25)15-26(37)20(3)38)28-24(30)17-32-29(34-28)33-27-9-6-21(16-31-27)18-36-12-10-35(4)11-13-36/h6-9,14-17,19H,5,10-13,18H2,1-4H3,(H,31,32,33,34). The van der Waals surface area contributed by atoms with Crippen molar-refractivity contribution in [1.29, 1.82) is 0 Å². The third-order valence-electron chi connectivity index (χ3n) is 7.32. The highest BCUT2D eigenvalue weighted by molar-refractivity contribution is 6.33. The second kappa shape index (κ2) is 11.2. The normalized spacial score (nSPS) is 15.6. The molecule has 1 unspecified atom stereocenters. The summed E-state index contributed by atoms with van der Waals surface area (Å²) in [4.78, 5) is 30.8. The molecule has 1 saturated heterocycles. The van der Waals surface area contributed by atoms with Crippen LogP contribution in [0.2, 0.25) is 5.02 Å². The quantitative estimate of drug-likeness (QED) is 0.287. The van der Waals surface area contributed by atoms with Gasteiger partial charge in [0.1, 0.15) is 5.82 Å². The molecule has 1 fully saturated rings. The summed E-state index contributed by atoms with van der Waals surface area (Å²) in [5.74, 6) is 1.15. The molecule has 5 rings (SSSR count). The molecule has 198 valence electrons. The summed E-state index contributed by atoms with van der Waals surface area (Å²) in [5, 5.41) is 4.64. The molecule has 1 aliphatic heterocycles. The minimum atomic E-state index is 0.0525. The number of likely N-dealkylation sites (N-methyl/N-ethyl adjacent to an activating group) is 1. The number of hydrogen-bond acceptors (Lipinski definition) is 7. The average Bonchev–Trinajstić information content (AvgIpc) is 3.31. The van der Waals surface area contributed by atoms with Crippen molar-refractivity contribution in [3.05, 3.63) is 65.1 Å². The number of carbonyl (C=O) groups is 1. The zero-order valence-corrected chi connectivity index (χ0v) is 23.2. The van der Waals surface area contributed by atoms with E-state index in [1.54, 1.807) is 13.1 Å². The Hall–Kier alpha value is -3.33. The van der Waals surface area contributed by atoms with Gasteiger partial charge in [-0.25, -0.2) is 15.0 Å². The Morgan fingerprint density at radius 1 is 1.08 bits per heavy atom. The van der Waals surface area contributed by atoms with Crippen LogP contribution in [-0.4, -0.2) is 68.3 Å². The summed E-state index contributed by atoms with van der Waals surface area (Å²) in [7, 11) is 2.16. The topological polar surface area (TPSA) is 79.2 Å². The van der Waals surface area contributed by atoms with Crippen molar-refractivity contribution < 1.29 is 4.79 Å². The van der Waals surface area contributed by atoms with Crippen molar-refractivity contribution in [2.45, 2.75) is 39.8 Å². The lowest BCUT2D eigenvalue weighted by Gasteiger charge is -2.32. The number of pyridine rings is 1. The van der Waals surface area contributed by atoms with E-state index in [-0.39, 0.29) is 11.8 Å². The van der Waals surface area contributed by atoms with Crippen LogP contribution in [0, 0.1) is 0 Å². The maximum atomic E-state index is 12.3. The number of benzene rings is 1. The minimum Gasteiger partial charge on any atom is -0.335 e. The second-order valence-corrected chi connectivity index (χ2v) is 10.5. The fourth-order valence-electron chi connectivity index (χ4n) is 4.91. The highest BCUT2D eigenvalue weighted by Crippen LogP contribution is 2.32. The number of hydrogen-bond donors (Lipinski definition) is 1. The largest absolute Gasteiger partial charge is 0.335 e. The first kappa shape index (κ1) is 26.3. The van der Waals surface area contributed by atoms with Crippen LogP contribution in [-0.2, 0) is 6.54 Å². The van der Waals surface area contributed by atoms with Gasteiger partial charge >= 0.3 is 0 Å². The summed E-state index contributed by atoms with van der Waals surface area (Å²) in [6, 6.07) is 12.3. The number of nitrogens with one attached hydrogen (secondary N) is 1. The van der Waals surface area contributed by atoms with Crippen LogP contribution in [0.4, 0.5) is 11.8 Å². The van der Waals surface area contributed by atoms with Crippen LogP contribution in [0.1, 0.15) is 49.3 Å². The molecule has 4 aromatic rings. The van der Waals surface area contributed by atoms with Gasteiger partial charge in [0.15, 0.2) is 5.78 Å². The highest BCUT2D eigenvalue weighted by Gasteiger charge is 2.18. The van der Waals surface area contributed by atoms with E-state index in [4.69, 9.17) is 16.6 Å². The number of Topliss-reactive ketones (excluding diaryl/α,β-unsaturated/α-hetero) is 1. The van der Waals surface area contributed by atoms with Crippen molar-refractivity contribution in [1.82, 2.24) is 29.3 Å². The van der Waals surface area contributed by atoms with Crippen molar-refractivity contribution in [3.8, 4) is 11.3 Å². The van der Waals surface area contributed by atoms with E-state index >= 15 is 0 Å². The number of piperazine rings is 1. The molecule has 9 heteroatoms. The van der Waals surface area contributed by atoms with Crippen molar-refractivity contribution in [2.24, 2.45) is 0 Å². The molecule has 8 nitrogen and oxygen atoms in total. The molecule has 0 spiro atoms. The molecule has 4 heterocycles. The van der Waals surface area contributed by atoms with Gasteiger partial charge in [-0.15, -0.1) is 0 Å². The van der Waals surface area contributed by atoms with Gasteiger partial charge in [-0.2, -0.15) is 0 Å². The lowest BCUT2D eigenvalue weighted by Crippen LogP contribution is -2.43. The van der Waals surface area contributed by atoms with Crippen LogP contribution >= 0.6 is 11.6 Å². The number of aromatic nitrogens is 4. The molecule has 38 heavy (non-hydrogen) atoms. The molecule has 0 saturated carbocycles. The third-order valence-corrected chi connectivity index (χ3v) is 7.59. The van der Waals surface area contributed by atoms with Crippen molar-refractivity contribution in [2.75, 3.05) is 38.5 Å². The molecule has 3 aromatic heterocycles. The van der Waals surface area contributed by atoms with Crippen LogP contribution in [0.15, 0.2) is 48.8 Å². The van der Waals surface area contributed by atoms with E-state index in [0.717, 1.165) is 55.6 Å². The number of ketones is 1. The SMILES string of the molecule is CCC(C)n1c(C(C)=O)cc2cc(-c3nc(Nc4ccc(CN5CCN(C)CC5)cn4)ncc3Cl)ccc21. The summed E-state index contributed by atoms with van der Waals surface area (Å²) in [5.41, 5.74) is 4.40. The number of carbonyl (C=O) groups excluding carboxylic acids is 1. The molecule has 1 aliphatic rings. The van der Waals surface area contributed by atoms with E-state index in [0.29, 0.717) is 28.2 Å². The Morgan fingerprint density at radius 3 is 2.55 bits per heavy atom. The fraction of sp³-hybridized carbons (Fsp3) is 0.379. The minimum absolute atomic E-state index is 0.0525. The molecule has 1 aromatic carbocycles. The van der Waals surface area contributed by atoms with E-state index in [1.165, 1.54) is 5.56 Å². The maximum Gasteiger partial charge on any atom is 0.228 e. The van der Waals surface area contributed by atoms with Gasteiger partial charge in [-0.1, -0.05) is 30.7 Å². The smallest absolute Gasteiger partial charge is 0.228 e. The molecule has 1 N–H and O–H groups in total.